The molecule has 2 N–H and O–H groups in total. The van der Waals surface area contributed by atoms with Crippen LogP contribution in [0.4, 0.5) is 0 Å². The molecule has 4 heteroatoms. The molecule has 0 radical (unpaired) electrons. The lowest BCUT2D eigenvalue weighted by Crippen LogP contribution is -2.39. The van der Waals surface area contributed by atoms with E-state index in [9.17, 15) is 5.11 Å². The summed E-state index contributed by atoms with van der Waals surface area (Å²) in [5.41, 5.74) is 0. The van der Waals surface area contributed by atoms with E-state index in [1.807, 2.05) is 0 Å². The van der Waals surface area contributed by atoms with E-state index in [4.69, 9.17) is 4.74 Å². The number of nitrogens with one attached hydrogen (secondary N) is 1. The van der Waals surface area contributed by atoms with Gasteiger partial charge in [0.2, 0.25) is 0 Å². The fourth-order valence-electron chi connectivity index (χ4n) is 2.26. The van der Waals surface area contributed by atoms with Crippen LogP contribution < -0.4 is 5.32 Å². The first-order valence-electron chi connectivity index (χ1n) is 6.93. The Morgan fingerprint density at radius 3 is 2.59 bits per heavy atom. The van der Waals surface area contributed by atoms with Gasteiger partial charge in [-0.3, -0.25) is 4.90 Å². The summed E-state index contributed by atoms with van der Waals surface area (Å²) in [4.78, 5) is 2.51. The lowest BCUT2D eigenvalue weighted by molar-refractivity contribution is 0.135. The molecule has 0 aliphatic heterocycles. The van der Waals surface area contributed by atoms with E-state index in [-0.39, 0.29) is 12.6 Å². The molecule has 0 heterocycles. The molecule has 100 valence electrons. The first-order valence-corrected chi connectivity index (χ1v) is 6.93. The quantitative estimate of drug-likeness (QED) is 0.589. The zero-order chi connectivity index (χ0) is 12.1. The van der Waals surface area contributed by atoms with Crippen molar-refractivity contribution in [2.45, 2.75) is 50.2 Å². The molecular weight excluding hydrogens is 216 g/mol. The van der Waals surface area contributed by atoms with Crippen molar-refractivity contribution in [2.75, 3.05) is 33.4 Å². The molecule has 0 aromatic carbocycles. The second kappa shape index (κ2) is 6.69. The van der Waals surface area contributed by atoms with Crippen molar-refractivity contribution < 1.29 is 9.84 Å². The van der Waals surface area contributed by atoms with Crippen LogP contribution in [-0.2, 0) is 4.74 Å². The van der Waals surface area contributed by atoms with Gasteiger partial charge in [-0.05, 0) is 32.1 Å². The van der Waals surface area contributed by atoms with Crippen LogP contribution in [0.15, 0.2) is 0 Å². The fourth-order valence-corrected chi connectivity index (χ4v) is 2.26. The molecule has 2 fully saturated rings. The minimum absolute atomic E-state index is 0.263. The minimum Gasteiger partial charge on any atom is -0.395 e. The van der Waals surface area contributed by atoms with Crippen molar-refractivity contribution in [1.82, 2.24) is 10.2 Å². The van der Waals surface area contributed by atoms with E-state index < -0.39 is 0 Å². The van der Waals surface area contributed by atoms with Crippen LogP contribution in [0.1, 0.15) is 32.1 Å². The number of hydrogen-bond donors (Lipinski definition) is 2. The summed E-state index contributed by atoms with van der Waals surface area (Å²) in [5.74, 6) is 0. The Bertz CT molecular complexity index is 217. The van der Waals surface area contributed by atoms with E-state index in [0.29, 0.717) is 6.04 Å². The molecule has 2 aliphatic rings. The third-order valence-corrected chi connectivity index (χ3v) is 3.68. The largest absolute Gasteiger partial charge is 0.395 e. The lowest BCUT2D eigenvalue weighted by Gasteiger charge is -2.24. The van der Waals surface area contributed by atoms with E-state index in [2.05, 4.69) is 10.2 Å². The molecule has 0 aromatic rings. The predicted octanol–water partition coefficient (Wildman–Crippen LogP) is 0.600. The fraction of sp³-hybridized carbons (Fsp3) is 1.00. The highest BCUT2D eigenvalue weighted by atomic mass is 16.5. The van der Waals surface area contributed by atoms with E-state index in [1.54, 1.807) is 7.11 Å². The summed E-state index contributed by atoms with van der Waals surface area (Å²) in [6.45, 7) is 3.19. The topological polar surface area (TPSA) is 44.7 Å². The van der Waals surface area contributed by atoms with Gasteiger partial charge in [0, 0.05) is 38.3 Å². The van der Waals surface area contributed by atoms with E-state index in [1.165, 1.54) is 25.7 Å². The molecule has 2 saturated carbocycles. The molecule has 0 spiro atoms. The highest BCUT2D eigenvalue weighted by molar-refractivity contribution is 4.87. The molecule has 0 bridgehead atoms. The van der Waals surface area contributed by atoms with Crippen LogP contribution in [0.2, 0.25) is 0 Å². The summed E-state index contributed by atoms with van der Waals surface area (Å²) in [6, 6.07) is 1.75. The zero-order valence-corrected chi connectivity index (χ0v) is 10.9. The van der Waals surface area contributed by atoms with Gasteiger partial charge in [-0.15, -0.1) is 0 Å². The third-order valence-electron chi connectivity index (χ3n) is 3.68. The number of hydrogen-bond acceptors (Lipinski definition) is 4. The Labute approximate surface area is 104 Å². The molecule has 2 aliphatic carbocycles. The molecule has 0 aromatic heterocycles. The van der Waals surface area contributed by atoms with Gasteiger partial charge in [0.25, 0.3) is 0 Å². The van der Waals surface area contributed by atoms with Gasteiger partial charge in [-0.25, -0.2) is 0 Å². The average Bonchev–Trinajstić information content (AvgIpc) is 3.19. The van der Waals surface area contributed by atoms with Crippen LogP contribution in [0.25, 0.3) is 0 Å². The Morgan fingerprint density at radius 1 is 1.29 bits per heavy atom. The van der Waals surface area contributed by atoms with Crippen molar-refractivity contribution >= 4 is 0 Å². The van der Waals surface area contributed by atoms with Crippen molar-refractivity contribution in [3.63, 3.8) is 0 Å². The molecule has 0 amide bonds. The van der Waals surface area contributed by atoms with Gasteiger partial charge in [0.05, 0.1) is 13.2 Å². The highest BCUT2D eigenvalue weighted by Gasteiger charge is 2.29. The Hall–Kier alpha value is -0.160. The van der Waals surface area contributed by atoms with Crippen LogP contribution in [0.5, 0.6) is 0 Å². The maximum atomic E-state index is 9.34. The van der Waals surface area contributed by atoms with Gasteiger partial charge in [-0.2, -0.15) is 0 Å². The van der Waals surface area contributed by atoms with E-state index >= 15 is 0 Å². The van der Waals surface area contributed by atoms with Crippen LogP contribution in [0, 0.1) is 0 Å². The van der Waals surface area contributed by atoms with Gasteiger partial charge in [-0.1, -0.05) is 0 Å². The second-order valence-electron chi connectivity index (χ2n) is 5.37. The summed E-state index contributed by atoms with van der Waals surface area (Å²) >= 11 is 0. The number of rotatable bonds is 10. The molecule has 17 heavy (non-hydrogen) atoms. The first-order chi connectivity index (χ1) is 8.33. The summed E-state index contributed by atoms with van der Waals surface area (Å²) in [5, 5.41) is 12.8. The Balaban J connectivity index is 1.64. The van der Waals surface area contributed by atoms with Crippen LogP contribution in [-0.4, -0.2) is 61.5 Å². The maximum absolute atomic E-state index is 9.34. The van der Waals surface area contributed by atoms with E-state index in [0.717, 1.165) is 32.2 Å². The van der Waals surface area contributed by atoms with Crippen molar-refractivity contribution in [3.8, 4) is 0 Å². The second-order valence-corrected chi connectivity index (χ2v) is 5.37. The first kappa shape index (κ1) is 13.3. The lowest BCUT2D eigenvalue weighted by atomic mass is 10.2. The normalized spacial score (nSPS) is 22.1. The molecular formula is C13H26N2O2. The van der Waals surface area contributed by atoms with Crippen LogP contribution >= 0.6 is 0 Å². The van der Waals surface area contributed by atoms with Crippen molar-refractivity contribution in [3.05, 3.63) is 0 Å². The molecule has 4 nitrogen and oxygen atoms in total. The smallest absolute Gasteiger partial charge is 0.0589 e. The van der Waals surface area contributed by atoms with Gasteiger partial charge < -0.3 is 15.2 Å². The predicted molar refractivity (Wildman–Crippen MR) is 68.1 cm³/mol. The monoisotopic (exact) mass is 242 g/mol. The number of methoxy groups -OCH3 is 1. The molecule has 2 rings (SSSR count). The average molecular weight is 242 g/mol. The maximum Gasteiger partial charge on any atom is 0.0589 e. The highest BCUT2D eigenvalue weighted by Crippen LogP contribution is 2.27. The third kappa shape index (κ3) is 4.92. The molecule has 1 atom stereocenters. The minimum atomic E-state index is 0.263. The summed E-state index contributed by atoms with van der Waals surface area (Å²) in [7, 11) is 1.76. The summed E-state index contributed by atoms with van der Waals surface area (Å²) < 4.78 is 5.15. The molecule has 1 unspecified atom stereocenters. The van der Waals surface area contributed by atoms with Gasteiger partial charge in [0.15, 0.2) is 0 Å². The van der Waals surface area contributed by atoms with Crippen molar-refractivity contribution in [1.29, 1.82) is 0 Å². The number of ether oxygens (including phenoxy) is 1. The van der Waals surface area contributed by atoms with Crippen LogP contribution in [0.3, 0.4) is 0 Å². The number of aliphatic hydroxyl groups is 1. The SMILES string of the molecule is COCCN(CCC(CO)NC1CC1)C1CC1. The Morgan fingerprint density at radius 2 is 2.06 bits per heavy atom. The summed E-state index contributed by atoms with van der Waals surface area (Å²) in [6.07, 6.45) is 6.29. The standard InChI is InChI=1S/C13H26N2O2/c1-17-9-8-15(13-4-5-13)7-6-12(10-16)14-11-2-3-11/h11-14,16H,2-10H2,1H3. The molecule has 0 saturated heterocycles. The van der Waals surface area contributed by atoms with Gasteiger partial charge in [0.1, 0.15) is 0 Å². The van der Waals surface area contributed by atoms with Crippen molar-refractivity contribution in [2.24, 2.45) is 0 Å². The Kier molecular flexibility index (Phi) is 5.22. The number of nitrogens with zero attached hydrogens (tertiary/aromatic N) is 1. The van der Waals surface area contributed by atoms with Gasteiger partial charge >= 0.3 is 0 Å². The number of aliphatic hydroxyl groups excluding tert-OH is 1. The zero-order valence-electron chi connectivity index (χ0n) is 10.9.